The van der Waals surface area contributed by atoms with Gasteiger partial charge in [0.25, 0.3) is 0 Å². The molecule has 1 aliphatic heterocycles. The van der Waals surface area contributed by atoms with Crippen molar-refractivity contribution >= 4 is 0 Å². The Bertz CT molecular complexity index is 1050. The Balaban J connectivity index is 1.47. The molecular formula is C27H26F4O. The van der Waals surface area contributed by atoms with Crippen LogP contribution in [0.3, 0.4) is 0 Å². The molecule has 2 atom stereocenters. The molecule has 0 amide bonds. The largest absolute Gasteiger partial charge is 0.373 e. The van der Waals surface area contributed by atoms with E-state index < -0.39 is 23.3 Å². The summed E-state index contributed by atoms with van der Waals surface area (Å²) in [5.74, 6) is -4.24. The van der Waals surface area contributed by atoms with E-state index in [-0.39, 0.29) is 17.2 Å². The van der Waals surface area contributed by atoms with Gasteiger partial charge in [0.1, 0.15) is 5.82 Å². The number of hydrogen-bond donors (Lipinski definition) is 0. The Hall–Kier alpha value is -2.66. The third-order valence-electron chi connectivity index (χ3n) is 6.22. The van der Waals surface area contributed by atoms with Gasteiger partial charge >= 0.3 is 0 Å². The van der Waals surface area contributed by atoms with Gasteiger partial charge in [-0.05, 0) is 65.6 Å². The van der Waals surface area contributed by atoms with E-state index in [4.69, 9.17) is 4.74 Å². The van der Waals surface area contributed by atoms with Gasteiger partial charge in [0.15, 0.2) is 17.5 Å². The lowest BCUT2D eigenvalue weighted by molar-refractivity contribution is -0.0197. The van der Waals surface area contributed by atoms with E-state index >= 15 is 0 Å². The quantitative estimate of drug-likeness (QED) is 0.276. The lowest BCUT2D eigenvalue weighted by Crippen LogP contribution is -2.20. The van der Waals surface area contributed by atoms with Gasteiger partial charge in [-0.1, -0.05) is 56.2 Å². The van der Waals surface area contributed by atoms with Crippen molar-refractivity contribution < 1.29 is 22.3 Å². The monoisotopic (exact) mass is 442 g/mol. The summed E-state index contributed by atoms with van der Waals surface area (Å²) in [5, 5.41) is 0. The Morgan fingerprint density at radius 3 is 2.03 bits per heavy atom. The smallest absolute Gasteiger partial charge is 0.194 e. The molecule has 0 aromatic heterocycles. The number of benzene rings is 3. The second kappa shape index (κ2) is 9.86. The Morgan fingerprint density at radius 1 is 0.781 bits per heavy atom. The molecule has 0 radical (unpaired) electrons. The highest BCUT2D eigenvalue weighted by Crippen LogP contribution is 2.34. The fourth-order valence-corrected chi connectivity index (χ4v) is 4.32. The molecule has 0 spiro atoms. The van der Waals surface area contributed by atoms with Gasteiger partial charge in [-0.15, -0.1) is 0 Å². The third-order valence-corrected chi connectivity index (χ3v) is 6.22. The number of rotatable bonds is 6. The Morgan fingerprint density at radius 2 is 1.44 bits per heavy atom. The molecule has 4 rings (SSSR count). The molecule has 2 unspecified atom stereocenters. The first-order valence-corrected chi connectivity index (χ1v) is 11.1. The van der Waals surface area contributed by atoms with Crippen molar-refractivity contribution in [1.82, 2.24) is 0 Å². The van der Waals surface area contributed by atoms with E-state index in [0.29, 0.717) is 11.5 Å². The zero-order valence-corrected chi connectivity index (χ0v) is 18.0. The van der Waals surface area contributed by atoms with Crippen LogP contribution in [0.1, 0.15) is 50.7 Å². The minimum atomic E-state index is -1.57. The highest BCUT2D eigenvalue weighted by molar-refractivity contribution is 5.71. The van der Waals surface area contributed by atoms with Gasteiger partial charge in [-0.25, -0.2) is 17.6 Å². The molecule has 0 bridgehead atoms. The highest BCUT2D eigenvalue weighted by Gasteiger charge is 2.22. The molecule has 1 fully saturated rings. The second-order valence-corrected chi connectivity index (χ2v) is 8.48. The molecule has 32 heavy (non-hydrogen) atoms. The average molecular weight is 442 g/mol. The molecule has 3 aromatic rings. The van der Waals surface area contributed by atoms with Crippen molar-refractivity contribution in [3.8, 4) is 22.3 Å². The van der Waals surface area contributed by atoms with Crippen molar-refractivity contribution in [2.45, 2.75) is 45.1 Å². The van der Waals surface area contributed by atoms with Crippen molar-refractivity contribution in [3.05, 3.63) is 83.4 Å². The van der Waals surface area contributed by atoms with Crippen molar-refractivity contribution in [3.63, 3.8) is 0 Å². The highest BCUT2D eigenvalue weighted by atomic mass is 19.2. The third kappa shape index (κ3) is 4.88. The summed E-state index contributed by atoms with van der Waals surface area (Å²) in [7, 11) is 0. The van der Waals surface area contributed by atoms with Crippen molar-refractivity contribution in [1.29, 1.82) is 0 Å². The predicted octanol–water partition coefficient (Wildman–Crippen LogP) is 8.23. The van der Waals surface area contributed by atoms with E-state index in [2.05, 4.69) is 6.92 Å². The molecule has 1 saturated heterocycles. The van der Waals surface area contributed by atoms with E-state index in [1.54, 1.807) is 6.07 Å². The maximum absolute atomic E-state index is 14.7. The second-order valence-electron chi connectivity index (χ2n) is 8.48. The lowest BCUT2D eigenvalue weighted by atomic mass is 9.90. The van der Waals surface area contributed by atoms with Crippen LogP contribution in [-0.4, -0.2) is 6.61 Å². The molecular weight excluding hydrogens is 416 g/mol. The molecule has 1 aliphatic rings. The zero-order chi connectivity index (χ0) is 22.7. The van der Waals surface area contributed by atoms with Crippen LogP contribution in [-0.2, 0) is 4.74 Å². The first-order valence-electron chi connectivity index (χ1n) is 11.1. The molecule has 0 saturated carbocycles. The topological polar surface area (TPSA) is 9.23 Å². The summed E-state index contributed by atoms with van der Waals surface area (Å²) in [6.07, 6.45) is 5.94. The number of unbranched alkanes of at least 4 members (excludes halogenated alkanes) is 1. The molecule has 5 heteroatoms. The Labute approximate surface area is 186 Å². The summed E-state index contributed by atoms with van der Waals surface area (Å²) in [4.78, 5) is 0. The molecule has 168 valence electrons. The van der Waals surface area contributed by atoms with Crippen molar-refractivity contribution in [2.24, 2.45) is 5.92 Å². The first kappa shape index (κ1) is 22.5. The van der Waals surface area contributed by atoms with Crippen LogP contribution in [0.2, 0.25) is 0 Å². The predicted molar refractivity (Wildman–Crippen MR) is 118 cm³/mol. The zero-order valence-electron chi connectivity index (χ0n) is 18.0. The first-order chi connectivity index (χ1) is 15.5. The lowest BCUT2D eigenvalue weighted by Gasteiger charge is -2.29. The van der Waals surface area contributed by atoms with Crippen LogP contribution in [0.4, 0.5) is 17.6 Å². The van der Waals surface area contributed by atoms with Crippen LogP contribution >= 0.6 is 0 Å². The molecule has 0 N–H and O–H groups in total. The minimum Gasteiger partial charge on any atom is -0.373 e. The van der Waals surface area contributed by atoms with Crippen LogP contribution in [0.15, 0.2) is 54.6 Å². The van der Waals surface area contributed by atoms with E-state index in [9.17, 15) is 17.6 Å². The standard InChI is InChI=1S/C27H26F4O/c1-2-3-4-17-5-12-26(32-16-17)19-8-6-18(7-9-19)20-10-11-22(23(28)13-20)21-14-24(29)27(31)25(30)15-21/h6-11,13-15,17,26H,2-5,12,16H2,1H3. The van der Waals surface area contributed by atoms with Crippen LogP contribution in [0.25, 0.3) is 22.3 Å². The molecule has 3 aromatic carbocycles. The van der Waals surface area contributed by atoms with Gasteiger partial charge < -0.3 is 4.74 Å². The van der Waals surface area contributed by atoms with Gasteiger partial charge in [-0.2, -0.15) is 0 Å². The van der Waals surface area contributed by atoms with E-state index in [1.807, 2.05) is 24.3 Å². The number of halogens is 4. The van der Waals surface area contributed by atoms with Crippen molar-refractivity contribution in [2.75, 3.05) is 6.61 Å². The SMILES string of the molecule is CCCCC1CCC(c2ccc(-c3ccc(-c4cc(F)c(F)c(F)c4)c(F)c3)cc2)OC1. The molecule has 1 nitrogen and oxygen atoms in total. The molecule has 1 heterocycles. The van der Waals surface area contributed by atoms with Gasteiger partial charge in [-0.3, -0.25) is 0 Å². The fraction of sp³-hybridized carbons (Fsp3) is 0.333. The van der Waals surface area contributed by atoms with Gasteiger partial charge in [0.05, 0.1) is 12.7 Å². The maximum atomic E-state index is 14.7. The van der Waals surface area contributed by atoms with Crippen LogP contribution in [0.5, 0.6) is 0 Å². The molecule has 0 aliphatic carbocycles. The maximum Gasteiger partial charge on any atom is 0.194 e. The van der Waals surface area contributed by atoms with E-state index in [1.165, 1.54) is 37.8 Å². The summed E-state index contributed by atoms with van der Waals surface area (Å²) < 4.78 is 61.0. The van der Waals surface area contributed by atoms with Crippen LogP contribution in [0, 0.1) is 29.2 Å². The summed E-state index contributed by atoms with van der Waals surface area (Å²) in [5.41, 5.74) is 2.54. The van der Waals surface area contributed by atoms with Crippen LogP contribution < -0.4 is 0 Å². The summed E-state index contributed by atoms with van der Waals surface area (Å²) in [6.45, 7) is 3.00. The van der Waals surface area contributed by atoms with E-state index in [0.717, 1.165) is 36.3 Å². The number of hydrogen-bond acceptors (Lipinski definition) is 1. The minimum absolute atomic E-state index is 0.0106. The fourth-order valence-electron chi connectivity index (χ4n) is 4.32. The Kier molecular flexibility index (Phi) is 6.95. The normalized spacial score (nSPS) is 18.7. The summed E-state index contributed by atoms with van der Waals surface area (Å²) >= 11 is 0. The number of ether oxygens (including phenoxy) is 1. The van der Waals surface area contributed by atoms with Gasteiger partial charge in [0.2, 0.25) is 0 Å². The average Bonchev–Trinajstić information content (AvgIpc) is 2.81. The van der Waals surface area contributed by atoms with Gasteiger partial charge in [0, 0.05) is 5.56 Å². The summed E-state index contributed by atoms with van der Waals surface area (Å²) in [6, 6.07) is 13.9.